The molecule has 0 saturated heterocycles. The maximum atomic E-state index is 13.3. The molecular weight excluding hydrogens is 243 g/mol. The van der Waals surface area contributed by atoms with Gasteiger partial charge in [0.05, 0.1) is 0 Å². The van der Waals surface area contributed by atoms with E-state index < -0.39 is 5.82 Å². The number of hydrogen-bond acceptors (Lipinski definition) is 3. The van der Waals surface area contributed by atoms with Gasteiger partial charge in [-0.05, 0) is 18.2 Å². The van der Waals surface area contributed by atoms with Crippen molar-refractivity contribution in [3.05, 3.63) is 53.1 Å². The van der Waals surface area contributed by atoms with Gasteiger partial charge < -0.3 is 4.74 Å². The van der Waals surface area contributed by atoms with Crippen LogP contribution < -0.4 is 4.74 Å². The average molecular weight is 249 g/mol. The van der Waals surface area contributed by atoms with Crippen LogP contribution >= 0.6 is 11.6 Å². The average Bonchev–Trinajstić information content (AvgIpc) is 2.29. The standard InChI is InChI=1S/C12H6ClFN2O/c13-12-6-8(4-5-16-12)17-11-3-1-2-10(14)9(11)7-15/h1-6H. The molecule has 5 heteroatoms. The summed E-state index contributed by atoms with van der Waals surface area (Å²) in [6, 6.07) is 8.97. The van der Waals surface area contributed by atoms with Gasteiger partial charge in [-0.15, -0.1) is 0 Å². The molecule has 17 heavy (non-hydrogen) atoms. The number of pyridine rings is 1. The Balaban J connectivity index is 2.37. The van der Waals surface area contributed by atoms with Crippen molar-refractivity contribution in [2.45, 2.75) is 0 Å². The van der Waals surface area contributed by atoms with Crippen LogP contribution in [0.2, 0.25) is 5.15 Å². The Labute approximate surface area is 102 Å². The van der Waals surface area contributed by atoms with Crippen molar-refractivity contribution in [1.29, 1.82) is 5.26 Å². The SMILES string of the molecule is N#Cc1c(F)cccc1Oc1ccnc(Cl)c1. The van der Waals surface area contributed by atoms with Crippen molar-refractivity contribution < 1.29 is 9.13 Å². The van der Waals surface area contributed by atoms with Gasteiger partial charge in [0, 0.05) is 12.3 Å². The summed E-state index contributed by atoms with van der Waals surface area (Å²) in [6.45, 7) is 0. The molecule has 0 bridgehead atoms. The summed E-state index contributed by atoms with van der Waals surface area (Å²) < 4.78 is 18.7. The van der Waals surface area contributed by atoms with Crippen LogP contribution in [0, 0.1) is 17.1 Å². The van der Waals surface area contributed by atoms with Crippen molar-refractivity contribution in [3.63, 3.8) is 0 Å². The second-order valence-corrected chi connectivity index (χ2v) is 3.53. The first kappa shape index (κ1) is 11.4. The minimum atomic E-state index is -0.620. The number of halogens is 2. The van der Waals surface area contributed by atoms with E-state index >= 15 is 0 Å². The highest BCUT2D eigenvalue weighted by atomic mass is 35.5. The van der Waals surface area contributed by atoms with Gasteiger partial charge in [0.2, 0.25) is 0 Å². The molecule has 0 atom stereocenters. The zero-order valence-electron chi connectivity index (χ0n) is 8.52. The molecule has 0 radical (unpaired) electrons. The molecule has 0 saturated carbocycles. The van der Waals surface area contributed by atoms with Gasteiger partial charge in [0.25, 0.3) is 0 Å². The van der Waals surface area contributed by atoms with Crippen LogP contribution in [0.15, 0.2) is 36.5 Å². The van der Waals surface area contributed by atoms with Crippen molar-refractivity contribution in [3.8, 4) is 17.6 Å². The summed E-state index contributed by atoms with van der Waals surface area (Å²) in [6.07, 6.45) is 1.46. The topological polar surface area (TPSA) is 45.9 Å². The monoisotopic (exact) mass is 248 g/mol. The molecule has 0 fully saturated rings. The van der Waals surface area contributed by atoms with Gasteiger partial charge in [0.1, 0.15) is 34.1 Å². The number of rotatable bonds is 2. The number of aromatic nitrogens is 1. The van der Waals surface area contributed by atoms with Crippen molar-refractivity contribution in [2.75, 3.05) is 0 Å². The second-order valence-electron chi connectivity index (χ2n) is 3.14. The second kappa shape index (κ2) is 4.81. The highest BCUT2D eigenvalue weighted by Gasteiger charge is 2.09. The Morgan fingerprint density at radius 1 is 1.35 bits per heavy atom. The fourth-order valence-corrected chi connectivity index (χ4v) is 1.44. The zero-order valence-corrected chi connectivity index (χ0v) is 9.28. The van der Waals surface area contributed by atoms with Crippen LogP contribution in [0.3, 0.4) is 0 Å². The first-order valence-corrected chi connectivity index (χ1v) is 5.06. The number of benzene rings is 1. The number of nitrogens with zero attached hydrogens (tertiary/aromatic N) is 2. The Hall–Kier alpha value is -2.12. The van der Waals surface area contributed by atoms with Crippen LogP contribution in [-0.2, 0) is 0 Å². The highest BCUT2D eigenvalue weighted by molar-refractivity contribution is 6.29. The van der Waals surface area contributed by atoms with E-state index in [0.29, 0.717) is 5.75 Å². The van der Waals surface area contributed by atoms with Gasteiger partial charge in [-0.25, -0.2) is 9.37 Å². The van der Waals surface area contributed by atoms with Crippen molar-refractivity contribution in [1.82, 2.24) is 4.98 Å². The van der Waals surface area contributed by atoms with E-state index in [-0.39, 0.29) is 16.5 Å². The Morgan fingerprint density at radius 2 is 2.18 bits per heavy atom. The molecule has 0 aliphatic heterocycles. The molecule has 1 heterocycles. The predicted octanol–water partition coefficient (Wildman–Crippen LogP) is 3.54. The Bertz CT molecular complexity index is 595. The van der Waals surface area contributed by atoms with Crippen molar-refractivity contribution in [2.24, 2.45) is 0 Å². The summed E-state index contributed by atoms with van der Waals surface area (Å²) in [4.78, 5) is 3.79. The quantitative estimate of drug-likeness (QED) is 0.764. The van der Waals surface area contributed by atoms with Crippen LogP contribution in [0.5, 0.6) is 11.5 Å². The first-order chi connectivity index (χ1) is 8.20. The molecular formula is C12H6ClFN2O. The van der Waals surface area contributed by atoms with Crippen LogP contribution in [0.1, 0.15) is 5.56 Å². The minimum Gasteiger partial charge on any atom is -0.456 e. The maximum Gasteiger partial charge on any atom is 0.148 e. The third kappa shape index (κ3) is 2.52. The Morgan fingerprint density at radius 3 is 2.88 bits per heavy atom. The van der Waals surface area contributed by atoms with Crippen LogP contribution in [0.4, 0.5) is 4.39 Å². The van der Waals surface area contributed by atoms with E-state index in [1.54, 1.807) is 12.1 Å². The van der Waals surface area contributed by atoms with E-state index in [0.717, 1.165) is 0 Å². The normalized spacial score (nSPS) is 9.71. The molecule has 2 rings (SSSR count). The lowest BCUT2D eigenvalue weighted by atomic mass is 10.2. The summed E-state index contributed by atoms with van der Waals surface area (Å²) in [5.41, 5.74) is -0.138. The maximum absolute atomic E-state index is 13.3. The van der Waals surface area contributed by atoms with Gasteiger partial charge in [-0.2, -0.15) is 5.26 Å². The van der Waals surface area contributed by atoms with E-state index in [1.165, 1.54) is 30.5 Å². The smallest absolute Gasteiger partial charge is 0.148 e. The third-order valence-corrected chi connectivity index (χ3v) is 2.22. The fourth-order valence-electron chi connectivity index (χ4n) is 1.27. The van der Waals surface area contributed by atoms with E-state index in [9.17, 15) is 4.39 Å². The van der Waals surface area contributed by atoms with Crippen LogP contribution in [-0.4, -0.2) is 4.98 Å². The highest BCUT2D eigenvalue weighted by Crippen LogP contribution is 2.27. The number of hydrogen-bond donors (Lipinski definition) is 0. The predicted molar refractivity (Wildman–Crippen MR) is 60.4 cm³/mol. The van der Waals surface area contributed by atoms with E-state index in [4.69, 9.17) is 21.6 Å². The van der Waals surface area contributed by atoms with Gasteiger partial charge >= 0.3 is 0 Å². The summed E-state index contributed by atoms with van der Waals surface area (Å²) in [5, 5.41) is 9.08. The summed E-state index contributed by atoms with van der Waals surface area (Å²) >= 11 is 5.69. The largest absolute Gasteiger partial charge is 0.456 e. The summed E-state index contributed by atoms with van der Waals surface area (Å²) in [7, 11) is 0. The van der Waals surface area contributed by atoms with Crippen molar-refractivity contribution >= 4 is 11.6 Å². The fraction of sp³-hybridized carbons (Fsp3) is 0. The molecule has 84 valence electrons. The number of nitriles is 1. The van der Waals surface area contributed by atoms with Gasteiger partial charge in [-0.1, -0.05) is 17.7 Å². The zero-order chi connectivity index (χ0) is 12.3. The molecule has 0 aliphatic rings. The summed E-state index contributed by atoms with van der Waals surface area (Å²) in [5.74, 6) is -0.0768. The first-order valence-electron chi connectivity index (χ1n) is 4.69. The third-order valence-electron chi connectivity index (χ3n) is 2.01. The molecule has 0 N–H and O–H groups in total. The minimum absolute atomic E-state index is 0.138. The lowest BCUT2D eigenvalue weighted by molar-refractivity contribution is 0.474. The molecule has 0 amide bonds. The Kier molecular flexibility index (Phi) is 3.22. The van der Waals surface area contributed by atoms with Gasteiger partial charge in [-0.3, -0.25) is 0 Å². The molecule has 0 unspecified atom stereocenters. The number of ether oxygens (including phenoxy) is 1. The van der Waals surface area contributed by atoms with Crippen LogP contribution in [0.25, 0.3) is 0 Å². The molecule has 1 aromatic heterocycles. The molecule has 1 aromatic carbocycles. The van der Waals surface area contributed by atoms with Gasteiger partial charge in [0.15, 0.2) is 0 Å². The molecule has 0 aliphatic carbocycles. The van der Waals surface area contributed by atoms with E-state index in [1.807, 2.05) is 0 Å². The lowest BCUT2D eigenvalue weighted by Gasteiger charge is -2.07. The van der Waals surface area contributed by atoms with E-state index in [2.05, 4.69) is 4.98 Å². The molecule has 2 aromatic rings. The lowest BCUT2D eigenvalue weighted by Crippen LogP contribution is -1.91. The molecule has 0 spiro atoms. The molecule has 3 nitrogen and oxygen atoms in total.